The van der Waals surface area contributed by atoms with E-state index in [-0.39, 0.29) is 0 Å². The maximum absolute atomic E-state index is 6.19. The van der Waals surface area contributed by atoms with E-state index in [0.29, 0.717) is 0 Å². The van der Waals surface area contributed by atoms with Gasteiger partial charge >= 0.3 is 0 Å². The van der Waals surface area contributed by atoms with Gasteiger partial charge in [-0.25, -0.2) is 4.98 Å². The number of aryl methyl sites for hydroxylation is 2. The van der Waals surface area contributed by atoms with Crippen molar-refractivity contribution >= 4 is 5.82 Å². The molecule has 18 heavy (non-hydrogen) atoms. The molecule has 3 heteroatoms. The molecule has 0 fully saturated rings. The minimum atomic E-state index is 0.757. The van der Waals surface area contributed by atoms with Gasteiger partial charge in [0.15, 0.2) is 0 Å². The third kappa shape index (κ3) is 2.01. The molecule has 0 aliphatic rings. The quantitative estimate of drug-likeness (QED) is 0.899. The molecule has 0 aliphatic heterocycles. The van der Waals surface area contributed by atoms with Crippen LogP contribution in [0.25, 0.3) is 11.3 Å². The number of aromatic nitrogens is 2. The van der Waals surface area contributed by atoms with Gasteiger partial charge in [0, 0.05) is 19.0 Å². The van der Waals surface area contributed by atoms with Gasteiger partial charge in [0.1, 0.15) is 17.3 Å². The summed E-state index contributed by atoms with van der Waals surface area (Å²) in [6.07, 6.45) is 2.04. The fourth-order valence-corrected chi connectivity index (χ4v) is 2.21. The van der Waals surface area contributed by atoms with Crippen molar-refractivity contribution in [1.29, 1.82) is 0 Å². The lowest BCUT2D eigenvalue weighted by molar-refractivity contribution is 0.764. The van der Waals surface area contributed by atoms with E-state index in [1.54, 1.807) is 0 Å². The average molecular weight is 243 g/mol. The van der Waals surface area contributed by atoms with Crippen molar-refractivity contribution < 1.29 is 0 Å². The molecule has 1 aromatic heterocycles. The van der Waals surface area contributed by atoms with E-state index in [9.17, 15) is 0 Å². The summed E-state index contributed by atoms with van der Waals surface area (Å²) in [6, 6.07) is 6.27. The second-order valence-corrected chi connectivity index (χ2v) is 4.82. The van der Waals surface area contributed by atoms with Gasteiger partial charge in [0.05, 0.1) is 0 Å². The van der Waals surface area contributed by atoms with E-state index in [2.05, 4.69) is 39.0 Å². The summed E-state index contributed by atoms with van der Waals surface area (Å²) in [5.41, 5.74) is 10.8. The molecule has 0 saturated heterocycles. The Hall–Kier alpha value is -1.77. The first-order chi connectivity index (χ1) is 8.56. The normalized spacial score (nSPS) is 10.9. The second kappa shape index (κ2) is 4.84. The fourth-order valence-electron chi connectivity index (χ4n) is 2.21. The summed E-state index contributed by atoms with van der Waals surface area (Å²) in [7, 11) is 1.99. The predicted octanol–water partition coefficient (Wildman–Crippen LogP) is 3.24. The summed E-state index contributed by atoms with van der Waals surface area (Å²) in [6.45, 7) is 6.39. The van der Waals surface area contributed by atoms with Gasteiger partial charge in [-0.3, -0.25) is 0 Å². The van der Waals surface area contributed by atoms with Crippen LogP contribution in [0.3, 0.4) is 0 Å². The van der Waals surface area contributed by atoms with Crippen molar-refractivity contribution in [3.05, 3.63) is 35.2 Å². The molecular weight excluding hydrogens is 222 g/mol. The zero-order valence-corrected chi connectivity index (χ0v) is 11.6. The Morgan fingerprint density at radius 1 is 1.28 bits per heavy atom. The molecule has 0 amide bonds. The summed E-state index contributed by atoms with van der Waals surface area (Å²) in [4.78, 5) is 4.71. The number of rotatable bonds is 3. The highest BCUT2D eigenvalue weighted by atomic mass is 15.1. The van der Waals surface area contributed by atoms with Crippen molar-refractivity contribution in [2.75, 3.05) is 5.73 Å². The minimum absolute atomic E-state index is 0.757. The molecule has 0 atom stereocenters. The Labute approximate surface area is 109 Å². The van der Waals surface area contributed by atoms with E-state index < -0.39 is 0 Å². The van der Waals surface area contributed by atoms with Crippen LogP contribution in [0.4, 0.5) is 5.82 Å². The molecule has 0 radical (unpaired) electrons. The average Bonchev–Trinajstić information content (AvgIpc) is 2.62. The highest BCUT2D eigenvalue weighted by Gasteiger charge is 2.15. The van der Waals surface area contributed by atoms with Crippen LogP contribution in [0.2, 0.25) is 0 Å². The molecule has 0 bridgehead atoms. The zero-order chi connectivity index (χ0) is 13.3. The van der Waals surface area contributed by atoms with Gasteiger partial charge in [-0.2, -0.15) is 0 Å². The van der Waals surface area contributed by atoms with E-state index in [0.717, 1.165) is 35.7 Å². The maximum atomic E-state index is 6.19. The first-order valence-corrected chi connectivity index (χ1v) is 6.43. The molecule has 0 unspecified atom stereocenters. The van der Waals surface area contributed by atoms with Gasteiger partial charge < -0.3 is 10.3 Å². The molecule has 2 rings (SSSR count). The van der Waals surface area contributed by atoms with Crippen LogP contribution in [-0.2, 0) is 13.5 Å². The number of hydrogen-bond donors (Lipinski definition) is 1. The fraction of sp³-hybridized carbons (Fsp3) is 0.400. The predicted molar refractivity (Wildman–Crippen MR) is 76.5 cm³/mol. The van der Waals surface area contributed by atoms with Gasteiger partial charge in [0.25, 0.3) is 0 Å². The molecule has 0 spiro atoms. The largest absolute Gasteiger partial charge is 0.383 e. The number of anilines is 1. The second-order valence-electron chi connectivity index (χ2n) is 4.82. The third-order valence-corrected chi connectivity index (χ3v) is 3.57. The molecule has 2 aromatic rings. The molecule has 3 nitrogen and oxygen atoms in total. The molecular formula is C15H21N3. The van der Waals surface area contributed by atoms with Crippen molar-refractivity contribution in [3.63, 3.8) is 0 Å². The first kappa shape index (κ1) is 12.7. The van der Waals surface area contributed by atoms with Gasteiger partial charge in [0.2, 0.25) is 0 Å². The van der Waals surface area contributed by atoms with Crippen LogP contribution in [0, 0.1) is 13.8 Å². The number of hydrogen-bond acceptors (Lipinski definition) is 2. The van der Waals surface area contributed by atoms with Crippen LogP contribution in [0.1, 0.15) is 30.3 Å². The van der Waals surface area contributed by atoms with Crippen molar-refractivity contribution in [2.24, 2.45) is 7.05 Å². The zero-order valence-electron chi connectivity index (χ0n) is 11.6. The topological polar surface area (TPSA) is 43.8 Å². The lowest BCUT2D eigenvalue weighted by Gasteiger charge is -2.07. The molecule has 1 aromatic carbocycles. The number of imidazole rings is 1. The summed E-state index contributed by atoms with van der Waals surface area (Å²) in [5, 5.41) is 0. The smallest absolute Gasteiger partial charge is 0.131 e. The number of benzene rings is 1. The Bertz CT molecular complexity index is 567. The van der Waals surface area contributed by atoms with Crippen LogP contribution in [0.15, 0.2) is 18.2 Å². The number of nitrogens with zero attached hydrogens (tertiary/aromatic N) is 2. The van der Waals surface area contributed by atoms with Crippen LogP contribution < -0.4 is 5.73 Å². The van der Waals surface area contributed by atoms with E-state index >= 15 is 0 Å². The standard InChI is InChI=1S/C15H21N3/c1-5-7-13-17-14(15(16)18(13)4)12-9-6-8-10(2)11(12)3/h6,8-9H,5,7,16H2,1-4H3. The molecule has 2 N–H and O–H groups in total. The number of nitrogens with two attached hydrogens (primary N) is 1. The van der Waals surface area contributed by atoms with E-state index in [4.69, 9.17) is 10.7 Å². The summed E-state index contributed by atoms with van der Waals surface area (Å²) < 4.78 is 2.00. The number of nitrogen functional groups attached to an aromatic ring is 1. The van der Waals surface area contributed by atoms with Crippen molar-refractivity contribution in [2.45, 2.75) is 33.6 Å². The van der Waals surface area contributed by atoms with Crippen LogP contribution in [-0.4, -0.2) is 9.55 Å². The lowest BCUT2D eigenvalue weighted by atomic mass is 10.0. The Morgan fingerprint density at radius 2 is 2.00 bits per heavy atom. The Morgan fingerprint density at radius 3 is 2.67 bits per heavy atom. The van der Waals surface area contributed by atoms with Gasteiger partial charge in [-0.1, -0.05) is 25.1 Å². The summed E-state index contributed by atoms with van der Waals surface area (Å²) in [5.74, 6) is 1.82. The highest BCUT2D eigenvalue weighted by molar-refractivity contribution is 5.74. The molecule has 1 heterocycles. The summed E-state index contributed by atoms with van der Waals surface area (Å²) >= 11 is 0. The maximum Gasteiger partial charge on any atom is 0.131 e. The van der Waals surface area contributed by atoms with E-state index in [1.807, 2.05) is 11.6 Å². The minimum Gasteiger partial charge on any atom is -0.383 e. The first-order valence-electron chi connectivity index (χ1n) is 6.43. The van der Waals surface area contributed by atoms with Crippen molar-refractivity contribution in [1.82, 2.24) is 9.55 Å². The lowest BCUT2D eigenvalue weighted by Crippen LogP contribution is -2.01. The highest BCUT2D eigenvalue weighted by Crippen LogP contribution is 2.30. The van der Waals surface area contributed by atoms with Crippen LogP contribution >= 0.6 is 0 Å². The Kier molecular flexibility index (Phi) is 3.41. The van der Waals surface area contributed by atoms with Crippen LogP contribution in [0.5, 0.6) is 0 Å². The van der Waals surface area contributed by atoms with Crippen molar-refractivity contribution in [3.8, 4) is 11.3 Å². The molecule has 0 saturated carbocycles. The van der Waals surface area contributed by atoms with E-state index in [1.165, 1.54) is 11.1 Å². The molecule has 0 aliphatic carbocycles. The molecule has 96 valence electrons. The SMILES string of the molecule is CCCc1nc(-c2cccc(C)c2C)c(N)n1C. The Balaban J connectivity index is 2.57. The van der Waals surface area contributed by atoms with Gasteiger partial charge in [-0.15, -0.1) is 0 Å². The third-order valence-electron chi connectivity index (χ3n) is 3.57. The monoisotopic (exact) mass is 243 g/mol. The van der Waals surface area contributed by atoms with Gasteiger partial charge in [-0.05, 0) is 31.4 Å².